The van der Waals surface area contributed by atoms with Gasteiger partial charge in [-0.1, -0.05) is 28.9 Å². The van der Waals surface area contributed by atoms with Crippen molar-refractivity contribution in [2.75, 3.05) is 58.4 Å². The Morgan fingerprint density at radius 1 is 1.03 bits per heavy atom. The topological polar surface area (TPSA) is 63.0 Å². The maximum Gasteiger partial charge on any atom is 0.170 e. The first-order chi connectivity index (χ1) is 16.2. The van der Waals surface area contributed by atoms with Gasteiger partial charge in [0.15, 0.2) is 17.3 Å². The van der Waals surface area contributed by atoms with E-state index in [-0.39, 0.29) is 0 Å². The first-order valence-corrected chi connectivity index (χ1v) is 11.7. The largest absolute Gasteiger partial charge is 0.493 e. The molecular weight excluding hydrogens is 440 g/mol. The van der Waals surface area contributed by atoms with Crippen LogP contribution in [0.15, 0.2) is 53.1 Å². The van der Waals surface area contributed by atoms with E-state index >= 15 is 0 Å². The lowest BCUT2D eigenvalue weighted by molar-refractivity contribution is 0.253. The summed E-state index contributed by atoms with van der Waals surface area (Å²) in [5.74, 6) is 2.12. The summed E-state index contributed by atoms with van der Waals surface area (Å²) < 4.78 is 16.4. The van der Waals surface area contributed by atoms with Crippen molar-refractivity contribution in [1.82, 2.24) is 15.4 Å². The Morgan fingerprint density at radius 2 is 1.85 bits per heavy atom. The summed E-state index contributed by atoms with van der Waals surface area (Å²) in [5, 5.41) is 8.46. The van der Waals surface area contributed by atoms with E-state index in [1.807, 2.05) is 42.5 Å². The smallest absolute Gasteiger partial charge is 0.170 e. The number of ether oxygens (including phenoxy) is 2. The molecule has 0 atom stereocenters. The third-order valence-corrected chi connectivity index (χ3v) is 6.15. The van der Waals surface area contributed by atoms with Gasteiger partial charge in [-0.25, -0.2) is 0 Å². The highest BCUT2D eigenvalue weighted by Gasteiger charge is 2.17. The first-order valence-electron chi connectivity index (χ1n) is 11.3. The van der Waals surface area contributed by atoms with Crippen LogP contribution in [0.25, 0.3) is 11.3 Å². The molecule has 0 unspecified atom stereocenters. The first kappa shape index (κ1) is 23.4. The van der Waals surface area contributed by atoms with Crippen LogP contribution in [0.3, 0.4) is 0 Å². The molecule has 4 rings (SSSR count). The molecule has 2 heterocycles. The fraction of sp³-hybridized carbons (Fsp3) is 0.400. The van der Waals surface area contributed by atoms with Gasteiger partial charge in [-0.3, -0.25) is 4.90 Å². The Balaban J connectivity index is 1.18. The fourth-order valence-electron chi connectivity index (χ4n) is 4.15. The summed E-state index contributed by atoms with van der Waals surface area (Å²) in [7, 11) is 3.25. The Bertz CT molecular complexity index is 1030. The van der Waals surface area contributed by atoms with Crippen LogP contribution >= 0.6 is 11.6 Å². The molecule has 0 radical (unpaired) electrons. The number of piperazine rings is 1. The lowest BCUT2D eigenvalue weighted by Gasteiger charge is -2.36. The Kier molecular flexibility index (Phi) is 8.10. The lowest BCUT2D eigenvalue weighted by atomic mass is 10.1. The van der Waals surface area contributed by atoms with Gasteiger partial charge >= 0.3 is 0 Å². The number of para-hydroxylation sites is 1. The van der Waals surface area contributed by atoms with Gasteiger partial charge in [0.1, 0.15) is 5.69 Å². The number of anilines is 1. The van der Waals surface area contributed by atoms with Crippen LogP contribution in [0.5, 0.6) is 11.5 Å². The minimum atomic E-state index is 0.641. The summed E-state index contributed by atoms with van der Waals surface area (Å²) in [5.41, 5.74) is 2.80. The van der Waals surface area contributed by atoms with Gasteiger partial charge < -0.3 is 24.2 Å². The van der Waals surface area contributed by atoms with Crippen molar-refractivity contribution >= 4 is 17.3 Å². The molecule has 0 bridgehead atoms. The number of hydrogen-bond donors (Lipinski definition) is 1. The van der Waals surface area contributed by atoms with Gasteiger partial charge in [0.2, 0.25) is 0 Å². The molecule has 3 aromatic rings. The average molecular weight is 471 g/mol. The van der Waals surface area contributed by atoms with E-state index in [0.717, 1.165) is 67.7 Å². The number of nitrogens with one attached hydrogen (secondary N) is 1. The monoisotopic (exact) mass is 470 g/mol. The zero-order valence-electron chi connectivity index (χ0n) is 19.2. The van der Waals surface area contributed by atoms with E-state index in [0.29, 0.717) is 18.0 Å². The molecule has 8 heteroatoms. The highest BCUT2D eigenvalue weighted by Crippen LogP contribution is 2.37. The SMILES string of the molecule is COc1cccc(-c2cc(CNCCCN3CCN(c4cccc(Cl)c4)CC3)on2)c1OC. The van der Waals surface area contributed by atoms with Crippen LogP contribution in [0, 0.1) is 0 Å². The minimum absolute atomic E-state index is 0.641. The van der Waals surface area contributed by atoms with Crippen LogP contribution < -0.4 is 19.7 Å². The second-order valence-corrected chi connectivity index (χ2v) is 8.49. The number of methoxy groups -OCH3 is 2. The molecule has 1 saturated heterocycles. The van der Waals surface area contributed by atoms with Crippen molar-refractivity contribution in [2.24, 2.45) is 0 Å². The zero-order chi connectivity index (χ0) is 23.0. The van der Waals surface area contributed by atoms with Gasteiger partial charge in [-0.15, -0.1) is 0 Å². The third kappa shape index (κ3) is 5.99. The number of halogens is 1. The van der Waals surface area contributed by atoms with E-state index < -0.39 is 0 Å². The van der Waals surface area contributed by atoms with Crippen molar-refractivity contribution in [3.8, 4) is 22.8 Å². The molecule has 2 aromatic carbocycles. The quantitative estimate of drug-likeness (QED) is 0.443. The minimum Gasteiger partial charge on any atom is -0.493 e. The number of hydrogen-bond acceptors (Lipinski definition) is 7. The molecule has 0 aliphatic carbocycles. The molecule has 0 amide bonds. The van der Waals surface area contributed by atoms with E-state index in [2.05, 4.69) is 26.3 Å². The summed E-state index contributed by atoms with van der Waals surface area (Å²) >= 11 is 6.13. The van der Waals surface area contributed by atoms with Crippen molar-refractivity contribution in [3.63, 3.8) is 0 Å². The Labute approximate surface area is 200 Å². The number of rotatable bonds is 10. The molecule has 33 heavy (non-hydrogen) atoms. The Hall–Kier alpha value is -2.74. The van der Waals surface area contributed by atoms with Crippen LogP contribution in [-0.4, -0.2) is 63.5 Å². The van der Waals surface area contributed by atoms with Crippen molar-refractivity contribution in [2.45, 2.75) is 13.0 Å². The average Bonchev–Trinajstić information content (AvgIpc) is 3.32. The molecule has 0 spiro atoms. The number of nitrogens with zero attached hydrogens (tertiary/aromatic N) is 3. The molecular formula is C25H31ClN4O3. The van der Waals surface area contributed by atoms with Gasteiger partial charge in [-0.05, 0) is 49.8 Å². The number of benzene rings is 2. The normalized spacial score (nSPS) is 14.5. The van der Waals surface area contributed by atoms with Gasteiger partial charge in [0, 0.05) is 48.5 Å². The summed E-state index contributed by atoms with van der Waals surface area (Å²) in [6, 6.07) is 15.8. The van der Waals surface area contributed by atoms with E-state index in [1.54, 1.807) is 14.2 Å². The molecule has 176 valence electrons. The van der Waals surface area contributed by atoms with E-state index in [4.69, 9.17) is 25.6 Å². The van der Waals surface area contributed by atoms with Gasteiger partial charge in [0.05, 0.1) is 20.8 Å². The highest BCUT2D eigenvalue weighted by atomic mass is 35.5. The molecule has 0 saturated carbocycles. The second-order valence-electron chi connectivity index (χ2n) is 8.06. The van der Waals surface area contributed by atoms with Crippen molar-refractivity contribution in [1.29, 1.82) is 0 Å². The predicted molar refractivity (Wildman–Crippen MR) is 131 cm³/mol. The van der Waals surface area contributed by atoms with Gasteiger partial charge in [0.25, 0.3) is 0 Å². The molecule has 1 aliphatic heterocycles. The molecule has 1 fully saturated rings. The van der Waals surface area contributed by atoms with Crippen molar-refractivity contribution in [3.05, 3.63) is 59.3 Å². The van der Waals surface area contributed by atoms with Crippen LogP contribution in [-0.2, 0) is 6.54 Å². The third-order valence-electron chi connectivity index (χ3n) is 5.91. The lowest BCUT2D eigenvalue weighted by Crippen LogP contribution is -2.47. The Morgan fingerprint density at radius 3 is 2.61 bits per heavy atom. The van der Waals surface area contributed by atoms with Crippen LogP contribution in [0.1, 0.15) is 12.2 Å². The molecule has 1 aliphatic rings. The summed E-state index contributed by atoms with van der Waals surface area (Å²) in [6.07, 6.45) is 1.09. The summed E-state index contributed by atoms with van der Waals surface area (Å²) in [6.45, 7) is 6.85. The molecule has 1 N–H and O–H groups in total. The zero-order valence-corrected chi connectivity index (χ0v) is 20.0. The van der Waals surface area contributed by atoms with E-state index in [9.17, 15) is 0 Å². The van der Waals surface area contributed by atoms with Gasteiger partial charge in [-0.2, -0.15) is 0 Å². The fourth-order valence-corrected chi connectivity index (χ4v) is 4.34. The second kappa shape index (κ2) is 11.4. The van der Waals surface area contributed by atoms with Crippen molar-refractivity contribution < 1.29 is 14.0 Å². The van der Waals surface area contributed by atoms with Crippen LogP contribution in [0.4, 0.5) is 5.69 Å². The maximum absolute atomic E-state index is 6.13. The molecule has 1 aromatic heterocycles. The predicted octanol–water partition coefficient (Wildman–Crippen LogP) is 4.31. The highest BCUT2D eigenvalue weighted by molar-refractivity contribution is 6.30. The molecule has 7 nitrogen and oxygen atoms in total. The maximum atomic E-state index is 6.13. The standard InChI is InChI=1S/C25H31ClN4O3/c1-31-24-9-4-8-22(25(24)32-2)23-17-21(33-28-23)18-27-10-5-11-29-12-14-30(15-13-29)20-7-3-6-19(26)16-20/h3-4,6-9,16-17,27H,5,10-15,18H2,1-2H3. The number of aromatic nitrogens is 1. The summed E-state index contributed by atoms with van der Waals surface area (Å²) in [4.78, 5) is 4.92. The van der Waals surface area contributed by atoms with E-state index in [1.165, 1.54) is 5.69 Å². The van der Waals surface area contributed by atoms with Crippen LogP contribution in [0.2, 0.25) is 5.02 Å².